The molecule has 1 aliphatic rings. The molecule has 1 amide bonds. The first-order valence-corrected chi connectivity index (χ1v) is 6.06. The van der Waals surface area contributed by atoms with Crippen LogP contribution in [0.4, 0.5) is 0 Å². The van der Waals surface area contributed by atoms with Crippen LogP contribution in [0, 0.1) is 11.3 Å². The van der Waals surface area contributed by atoms with Gasteiger partial charge in [-0.2, -0.15) is 5.26 Å². The Morgan fingerprint density at radius 3 is 2.72 bits per heavy atom. The molecule has 5 heteroatoms. The second-order valence-corrected chi connectivity index (χ2v) is 4.31. The number of amides is 1. The quantitative estimate of drug-likeness (QED) is 0.783. The summed E-state index contributed by atoms with van der Waals surface area (Å²) in [5, 5.41) is 8.50. The molecule has 0 unspecified atom stereocenters. The molecular weight excluding hydrogens is 228 g/mol. The Morgan fingerprint density at radius 2 is 2.11 bits per heavy atom. The lowest BCUT2D eigenvalue weighted by Crippen LogP contribution is -2.48. The second-order valence-electron chi connectivity index (χ2n) is 4.31. The van der Waals surface area contributed by atoms with Crippen molar-refractivity contribution in [2.75, 3.05) is 26.2 Å². The van der Waals surface area contributed by atoms with Crippen molar-refractivity contribution in [1.82, 2.24) is 14.8 Å². The van der Waals surface area contributed by atoms with Crippen LogP contribution < -0.4 is 0 Å². The SMILES string of the molecule is N#CCC(=O)N1CCN(Cc2ccccn2)CC1. The van der Waals surface area contributed by atoms with Gasteiger partial charge in [-0.3, -0.25) is 14.7 Å². The lowest BCUT2D eigenvalue weighted by atomic mass is 10.2. The second kappa shape index (κ2) is 6.12. The van der Waals surface area contributed by atoms with E-state index in [2.05, 4.69) is 9.88 Å². The summed E-state index contributed by atoms with van der Waals surface area (Å²) in [7, 11) is 0. The van der Waals surface area contributed by atoms with Crippen LogP contribution in [-0.2, 0) is 11.3 Å². The summed E-state index contributed by atoms with van der Waals surface area (Å²) >= 11 is 0. The van der Waals surface area contributed by atoms with Crippen molar-refractivity contribution in [3.05, 3.63) is 30.1 Å². The fourth-order valence-corrected chi connectivity index (χ4v) is 2.06. The molecule has 1 aromatic rings. The van der Waals surface area contributed by atoms with E-state index in [4.69, 9.17) is 5.26 Å². The van der Waals surface area contributed by atoms with Crippen LogP contribution in [0.2, 0.25) is 0 Å². The van der Waals surface area contributed by atoms with Crippen LogP contribution in [0.15, 0.2) is 24.4 Å². The van der Waals surface area contributed by atoms with Gasteiger partial charge >= 0.3 is 0 Å². The van der Waals surface area contributed by atoms with E-state index >= 15 is 0 Å². The summed E-state index contributed by atoms with van der Waals surface area (Å²) in [6.45, 7) is 3.91. The van der Waals surface area contributed by atoms with Crippen molar-refractivity contribution in [2.45, 2.75) is 13.0 Å². The van der Waals surface area contributed by atoms with Crippen molar-refractivity contribution >= 4 is 5.91 Å². The Morgan fingerprint density at radius 1 is 1.33 bits per heavy atom. The molecule has 5 nitrogen and oxygen atoms in total. The van der Waals surface area contributed by atoms with E-state index in [1.54, 1.807) is 11.1 Å². The number of aromatic nitrogens is 1. The van der Waals surface area contributed by atoms with Gasteiger partial charge in [0.1, 0.15) is 6.42 Å². The van der Waals surface area contributed by atoms with Gasteiger partial charge in [0.15, 0.2) is 0 Å². The molecule has 0 radical (unpaired) electrons. The van der Waals surface area contributed by atoms with Crippen molar-refractivity contribution in [2.24, 2.45) is 0 Å². The van der Waals surface area contributed by atoms with E-state index in [1.165, 1.54) is 0 Å². The summed E-state index contributed by atoms with van der Waals surface area (Å²) in [4.78, 5) is 19.9. The van der Waals surface area contributed by atoms with E-state index in [0.29, 0.717) is 13.1 Å². The number of piperazine rings is 1. The average molecular weight is 244 g/mol. The van der Waals surface area contributed by atoms with E-state index < -0.39 is 0 Å². The van der Waals surface area contributed by atoms with Crippen LogP contribution in [0.25, 0.3) is 0 Å². The van der Waals surface area contributed by atoms with Crippen LogP contribution in [0.1, 0.15) is 12.1 Å². The molecule has 1 fully saturated rings. The van der Waals surface area contributed by atoms with Gasteiger partial charge in [0.2, 0.25) is 5.91 Å². The summed E-state index contributed by atoms with van der Waals surface area (Å²) in [5.41, 5.74) is 1.05. The molecule has 18 heavy (non-hydrogen) atoms. The number of hydrogen-bond acceptors (Lipinski definition) is 4. The molecule has 0 aromatic carbocycles. The molecule has 0 atom stereocenters. The molecule has 0 bridgehead atoms. The zero-order valence-electron chi connectivity index (χ0n) is 10.2. The van der Waals surface area contributed by atoms with Gasteiger partial charge in [0.25, 0.3) is 0 Å². The highest BCUT2D eigenvalue weighted by atomic mass is 16.2. The van der Waals surface area contributed by atoms with Crippen molar-refractivity contribution in [3.63, 3.8) is 0 Å². The van der Waals surface area contributed by atoms with Crippen LogP contribution in [0.5, 0.6) is 0 Å². The number of rotatable bonds is 3. The number of nitrogens with zero attached hydrogens (tertiary/aromatic N) is 4. The molecule has 0 saturated carbocycles. The summed E-state index contributed by atoms with van der Waals surface area (Å²) < 4.78 is 0. The van der Waals surface area contributed by atoms with Crippen LogP contribution in [0.3, 0.4) is 0 Å². The zero-order chi connectivity index (χ0) is 12.8. The highest BCUT2D eigenvalue weighted by Gasteiger charge is 2.20. The van der Waals surface area contributed by atoms with Gasteiger partial charge in [-0.15, -0.1) is 0 Å². The van der Waals surface area contributed by atoms with Gasteiger partial charge in [0.05, 0.1) is 11.8 Å². The zero-order valence-corrected chi connectivity index (χ0v) is 10.2. The number of hydrogen-bond donors (Lipinski definition) is 0. The Kier molecular flexibility index (Phi) is 4.26. The Labute approximate surface area is 107 Å². The molecule has 94 valence electrons. The highest BCUT2D eigenvalue weighted by Crippen LogP contribution is 2.07. The maximum Gasteiger partial charge on any atom is 0.236 e. The van der Waals surface area contributed by atoms with Gasteiger partial charge in [0, 0.05) is 38.9 Å². The molecule has 0 N–H and O–H groups in total. The first kappa shape index (κ1) is 12.5. The Balaban J connectivity index is 1.81. The third kappa shape index (κ3) is 3.28. The van der Waals surface area contributed by atoms with Crippen molar-refractivity contribution < 1.29 is 4.79 Å². The molecule has 1 aliphatic heterocycles. The largest absolute Gasteiger partial charge is 0.339 e. The molecule has 1 aromatic heterocycles. The average Bonchev–Trinajstić information content (AvgIpc) is 2.41. The van der Waals surface area contributed by atoms with E-state index in [-0.39, 0.29) is 12.3 Å². The van der Waals surface area contributed by atoms with E-state index in [1.807, 2.05) is 24.3 Å². The van der Waals surface area contributed by atoms with E-state index in [9.17, 15) is 4.79 Å². The lowest BCUT2D eigenvalue weighted by molar-refractivity contribution is -0.131. The van der Waals surface area contributed by atoms with Crippen LogP contribution in [-0.4, -0.2) is 46.9 Å². The molecule has 0 aliphatic carbocycles. The number of carbonyl (C=O) groups excluding carboxylic acids is 1. The number of carbonyl (C=O) groups is 1. The Hall–Kier alpha value is -1.93. The Bertz CT molecular complexity index is 432. The highest BCUT2D eigenvalue weighted by molar-refractivity contribution is 5.78. The standard InChI is InChI=1S/C13H16N4O/c14-5-4-13(18)17-9-7-16(8-10-17)11-12-3-1-2-6-15-12/h1-3,6H,4,7-11H2. The van der Waals surface area contributed by atoms with Crippen molar-refractivity contribution in [3.8, 4) is 6.07 Å². The van der Waals surface area contributed by atoms with Gasteiger partial charge in [-0.05, 0) is 12.1 Å². The summed E-state index contributed by atoms with van der Waals surface area (Å²) in [5.74, 6) is -0.0602. The van der Waals surface area contributed by atoms with Crippen LogP contribution >= 0.6 is 0 Å². The van der Waals surface area contributed by atoms with Crippen molar-refractivity contribution in [1.29, 1.82) is 5.26 Å². The first-order chi connectivity index (χ1) is 8.79. The van der Waals surface area contributed by atoms with Gasteiger partial charge in [-0.25, -0.2) is 0 Å². The monoisotopic (exact) mass is 244 g/mol. The predicted molar refractivity (Wildman–Crippen MR) is 66.3 cm³/mol. The lowest BCUT2D eigenvalue weighted by Gasteiger charge is -2.34. The summed E-state index contributed by atoms with van der Waals surface area (Å²) in [6, 6.07) is 7.79. The molecule has 0 spiro atoms. The predicted octanol–water partition coefficient (Wildman–Crippen LogP) is 0.639. The molecular formula is C13H16N4O. The molecule has 2 heterocycles. The normalized spacial score (nSPS) is 16.3. The topological polar surface area (TPSA) is 60.2 Å². The third-order valence-corrected chi connectivity index (χ3v) is 3.07. The summed E-state index contributed by atoms with van der Waals surface area (Å²) in [6.07, 6.45) is 1.78. The fourth-order valence-electron chi connectivity index (χ4n) is 2.06. The van der Waals surface area contributed by atoms with E-state index in [0.717, 1.165) is 25.3 Å². The number of pyridine rings is 1. The smallest absolute Gasteiger partial charge is 0.236 e. The molecule has 2 rings (SSSR count). The van der Waals surface area contributed by atoms with Gasteiger partial charge in [-0.1, -0.05) is 6.07 Å². The number of nitriles is 1. The van der Waals surface area contributed by atoms with Gasteiger partial charge < -0.3 is 4.90 Å². The fraction of sp³-hybridized carbons (Fsp3) is 0.462. The molecule has 1 saturated heterocycles. The maximum atomic E-state index is 11.5. The maximum absolute atomic E-state index is 11.5. The minimum atomic E-state index is -0.0602. The third-order valence-electron chi connectivity index (χ3n) is 3.07. The first-order valence-electron chi connectivity index (χ1n) is 6.06. The minimum absolute atomic E-state index is 0.0136. The minimum Gasteiger partial charge on any atom is -0.339 e.